The van der Waals surface area contributed by atoms with Crippen molar-refractivity contribution in [1.82, 2.24) is 14.8 Å². The monoisotopic (exact) mass is 349 g/mol. The van der Waals surface area contributed by atoms with Gasteiger partial charge in [0.15, 0.2) is 5.82 Å². The van der Waals surface area contributed by atoms with Crippen molar-refractivity contribution in [1.29, 1.82) is 0 Å². The molecule has 0 saturated carbocycles. The smallest absolute Gasteiger partial charge is 0.332 e. The first kappa shape index (κ1) is 18.0. The standard InChI is InChI=1S/C17H20ClN3O3/c1-11(2)23-15-8-13(7-14(18)9-15)17-19-10-21(20-17)6-5-16(22)24-12(3)4/h5-12H,1-4H3. The van der Waals surface area contributed by atoms with Gasteiger partial charge in [-0.3, -0.25) is 0 Å². The van der Waals surface area contributed by atoms with E-state index in [1.54, 1.807) is 26.0 Å². The van der Waals surface area contributed by atoms with Crippen molar-refractivity contribution in [3.63, 3.8) is 0 Å². The molecular weight excluding hydrogens is 330 g/mol. The Morgan fingerprint density at radius 1 is 1.21 bits per heavy atom. The van der Waals surface area contributed by atoms with Crippen LogP contribution in [0.1, 0.15) is 27.7 Å². The molecule has 24 heavy (non-hydrogen) atoms. The average Bonchev–Trinajstić information content (AvgIpc) is 2.92. The van der Waals surface area contributed by atoms with Crippen LogP contribution in [0, 0.1) is 0 Å². The molecule has 0 aliphatic rings. The van der Waals surface area contributed by atoms with Crippen molar-refractivity contribution in [2.45, 2.75) is 39.9 Å². The van der Waals surface area contributed by atoms with E-state index in [9.17, 15) is 4.79 Å². The molecule has 0 aliphatic heterocycles. The molecule has 0 atom stereocenters. The van der Waals surface area contributed by atoms with Crippen molar-refractivity contribution >= 4 is 23.8 Å². The zero-order valence-electron chi connectivity index (χ0n) is 14.1. The summed E-state index contributed by atoms with van der Waals surface area (Å²) in [5.74, 6) is 0.699. The number of carbonyl (C=O) groups excluding carboxylic acids is 1. The van der Waals surface area contributed by atoms with E-state index < -0.39 is 5.97 Å². The van der Waals surface area contributed by atoms with Gasteiger partial charge in [-0.2, -0.15) is 0 Å². The van der Waals surface area contributed by atoms with E-state index in [0.717, 1.165) is 5.56 Å². The lowest BCUT2D eigenvalue weighted by Gasteiger charge is -2.10. The lowest BCUT2D eigenvalue weighted by Crippen LogP contribution is -2.08. The lowest BCUT2D eigenvalue weighted by atomic mass is 10.2. The first-order valence-corrected chi connectivity index (χ1v) is 7.99. The third-order valence-electron chi connectivity index (χ3n) is 2.73. The van der Waals surface area contributed by atoms with Crippen LogP contribution in [0.2, 0.25) is 5.02 Å². The van der Waals surface area contributed by atoms with Gasteiger partial charge in [0.25, 0.3) is 0 Å². The first-order chi connectivity index (χ1) is 11.3. The molecule has 0 unspecified atom stereocenters. The third-order valence-corrected chi connectivity index (χ3v) is 2.94. The Hall–Kier alpha value is -2.34. The van der Waals surface area contributed by atoms with Crippen LogP contribution in [0.3, 0.4) is 0 Å². The van der Waals surface area contributed by atoms with E-state index in [2.05, 4.69) is 10.1 Å². The van der Waals surface area contributed by atoms with E-state index in [1.165, 1.54) is 23.3 Å². The number of benzene rings is 1. The molecule has 0 amide bonds. The van der Waals surface area contributed by atoms with Gasteiger partial charge in [-0.1, -0.05) is 11.6 Å². The molecule has 0 fully saturated rings. The molecule has 0 spiro atoms. The minimum Gasteiger partial charge on any atom is -0.491 e. The number of ether oxygens (including phenoxy) is 2. The molecule has 1 aromatic heterocycles. The maximum Gasteiger partial charge on any atom is 0.332 e. The van der Waals surface area contributed by atoms with Crippen LogP contribution < -0.4 is 4.74 Å². The number of halogens is 1. The van der Waals surface area contributed by atoms with Gasteiger partial charge in [0.05, 0.1) is 12.2 Å². The van der Waals surface area contributed by atoms with Gasteiger partial charge in [0.2, 0.25) is 0 Å². The van der Waals surface area contributed by atoms with Gasteiger partial charge < -0.3 is 9.47 Å². The molecule has 0 radical (unpaired) electrons. The quantitative estimate of drug-likeness (QED) is 0.586. The van der Waals surface area contributed by atoms with Crippen LogP contribution in [0.25, 0.3) is 17.6 Å². The van der Waals surface area contributed by atoms with E-state index in [4.69, 9.17) is 21.1 Å². The van der Waals surface area contributed by atoms with Gasteiger partial charge in [0, 0.05) is 22.9 Å². The van der Waals surface area contributed by atoms with E-state index >= 15 is 0 Å². The maximum atomic E-state index is 11.5. The number of hydrogen-bond acceptors (Lipinski definition) is 5. The lowest BCUT2D eigenvalue weighted by molar-refractivity contribution is -0.141. The zero-order valence-corrected chi connectivity index (χ0v) is 14.8. The van der Waals surface area contributed by atoms with Gasteiger partial charge in [0.1, 0.15) is 12.1 Å². The summed E-state index contributed by atoms with van der Waals surface area (Å²) in [6, 6.07) is 5.32. The topological polar surface area (TPSA) is 66.2 Å². The minimum atomic E-state index is -0.433. The van der Waals surface area contributed by atoms with Crippen LogP contribution in [-0.2, 0) is 9.53 Å². The summed E-state index contributed by atoms with van der Waals surface area (Å²) < 4.78 is 12.1. The highest BCUT2D eigenvalue weighted by molar-refractivity contribution is 6.31. The zero-order chi connectivity index (χ0) is 17.7. The molecule has 2 aromatic rings. The molecule has 0 aliphatic carbocycles. The molecule has 1 aromatic carbocycles. The number of hydrogen-bond donors (Lipinski definition) is 0. The van der Waals surface area contributed by atoms with Crippen molar-refractivity contribution < 1.29 is 14.3 Å². The molecule has 7 heteroatoms. The molecule has 6 nitrogen and oxygen atoms in total. The van der Waals surface area contributed by atoms with E-state index in [-0.39, 0.29) is 12.2 Å². The highest BCUT2D eigenvalue weighted by Crippen LogP contribution is 2.27. The summed E-state index contributed by atoms with van der Waals surface area (Å²) in [4.78, 5) is 15.7. The molecule has 2 rings (SSSR count). The molecule has 0 N–H and O–H groups in total. The van der Waals surface area contributed by atoms with Gasteiger partial charge in [-0.05, 0) is 45.9 Å². The van der Waals surface area contributed by atoms with Crippen LogP contribution in [0.5, 0.6) is 5.75 Å². The molecule has 1 heterocycles. The van der Waals surface area contributed by atoms with Crippen LogP contribution >= 0.6 is 11.6 Å². The maximum absolute atomic E-state index is 11.5. The summed E-state index contributed by atoms with van der Waals surface area (Å²) >= 11 is 6.12. The van der Waals surface area contributed by atoms with Crippen LogP contribution in [0.4, 0.5) is 0 Å². The van der Waals surface area contributed by atoms with Crippen molar-refractivity contribution in [3.8, 4) is 17.1 Å². The first-order valence-electron chi connectivity index (χ1n) is 7.61. The largest absolute Gasteiger partial charge is 0.491 e. The van der Waals surface area contributed by atoms with Crippen LogP contribution in [-0.4, -0.2) is 32.9 Å². The second-order valence-corrected chi connectivity index (χ2v) is 6.13. The van der Waals surface area contributed by atoms with Crippen molar-refractivity contribution in [3.05, 3.63) is 35.6 Å². The summed E-state index contributed by atoms with van der Waals surface area (Å²) in [5.41, 5.74) is 0.732. The summed E-state index contributed by atoms with van der Waals surface area (Å²) in [7, 11) is 0. The minimum absolute atomic E-state index is 0.0386. The Labute approximate surface area is 146 Å². The highest BCUT2D eigenvalue weighted by atomic mass is 35.5. The van der Waals surface area contributed by atoms with Gasteiger partial charge >= 0.3 is 5.97 Å². The average molecular weight is 350 g/mol. The van der Waals surface area contributed by atoms with Gasteiger partial charge in [-0.15, -0.1) is 5.10 Å². The fraction of sp³-hybridized carbons (Fsp3) is 0.353. The Kier molecular flexibility index (Phi) is 5.98. The molecule has 0 bridgehead atoms. The Morgan fingerprint density at radius 2 is 1.96 bits per heavy atom. The van der Waals surface area contributed by atoms with Gasteiger partial charge in [-0.25, -0.2) is 14.5 Å². The third kappa shape index (κ3) is 5.38. The number of aromatic nitrogens is 3. The SMILES string of the molecule is CC(C)OC(=O)C=Cn1cnc(-c2cc(Cl)cc(OC(C)C)c2)n1. The number of carbonyl (C=O) groups is 1. The predicted molar refractivity (Wildman–Crippen MR) is 92.8 cm³/mol. The molecule has 0 saturated heterocycles. The fourth-order valence-corrected chi connectivity index (χ4v) is 2.14. The Bertz CT molecular complexity index is 738. The van der Waals surface area contributed by atoms with Crippen LogP contribution in [0.15, 0.2) is 30.6 Å². The normalized spacial score (nSPS) is 11.5. The van der Waals surface area contributed by atoms with Crippen molar-refractivity contribution in [2.24, 2.45) is 0 Å². The number of esters is 1. The van der Waals surface area contributed by atoms with E-state index in [1.807, 2.05) is 19.9 Å². The molecular formula is C17H20ClN3O3. The second kappa shape index (κ2) is 7.97. The predicted octanol–water partition coefficient (Wildman–Crippen LogP) is 3.81. The number of nitrogens with zero attached hydrogens (tertiary/aromatic N) is 3. The summed E-state index contributed by atoms with van der Waals surface area (Å²) in [6.07, 6.45) is 4.15. The fourth-order valence-electron chi connectivity index (χ4n) is 1.92. The molecule has 128 valence electrons. The van der Waals surface area contributed by atoms with E-state index in [0.29, 0.717) is 16.6 Å². The number of rotatable bonds is 6. The Morgan fingerprint density at radius 3 is 2.62 bits per heavy atom. The summed E-state index contributed by atoms with van der Waals surface area (Å²) in [5, 5.41) is 4.83. The summed E-state index contributed by atoms with van der Waals surface area (Å²) in [6.45, 7) is 7.45. The Balaban J connectivity index is 2.17. The highest BCUT2D eigenvalue weighted by Gasteiger charge is 2.09. The van der Waals surface area contributed by atoms with Crippen molar-refractivity contribution in [2.75, 3.05) is 0 Å². The second-order valence-electron chi connectivity index (χ2n) is 5.69.